The van der Waals surface area contributed by atoms with Gasteiger partial charge in [-0.1, -0.05) is 19.1 Å². The number of benzene rings is 1. The smallest absolute Gasteiger partial charge is 0.401 e. The topological polar surface area (TPSA) is 58.7 Å². The Bertz CT molecular complexity index is 413. The SMILES string of the molecule is CCN(CC(O)COc1ccccc1N)CC(F)(F)F. The molecule has 114 valence electrons. The van der Waals surface area contributed by atoms with Crippen molar-refractivity contribution >= 4 is 5.69 Å². The van der Waals surface area contributed by atoms with Crippen LogP contribution in [0.15, 0.2) is 24.3 Å². The Hall–Kier alpha value is -1.47. The van der Waals surface area contributed by atoms with Gasteiger partial charge in [-0.25, -0.2) is 0 Å². The molecule has 1 unspecified atom stereocenters. The van der Waals surface area contributed by atoms with Crippen molar-refractivity contribution in [1.82, 2.24) is 4.90 Å². The monoisotopic (exact) mass is 292 g/mol. The van der Waals surface area contributed by atoms with E-state index in [4.69, 9.17) is 10.5 Å². The Morgan fingerprint density at radius 3 is 2.55 bits per heavy atom. The van der Waals surface area contributed by atoms with E-state index in [-0.39, 0.29) is 19.7 Å². The van der Waals surface area contributed by atoms with Crippen molar-refractivity contribution in [3.05, 3.63) is 24.3 Å². The second kappa shape index (κ2) is 7.35. The van der Waals surface area contributed by atoms with Gasteiger partial charge in [-0.3, -0.25) is 4.90 Å². The predicted octanol–water partition coefficient (Wildman–Crippen LogP) is 1.89. The molecule has 1 rings (SSSR count). The summed E-state index contributed by atoms with van der Waals surface area (Å²) in [6, 6.07) is 6.74. The van der Waals surface area contributed by atoms with Crippen LogP contribution in [0.5, 0.6) is 5.75 Å². The van der Waals surface area contributed by atoms with Crippen molar-refractivity contribution in [1.29, 1.82) is 0 Å². The minimum absolute atomic E-state index is 0.108. The minimum Gasteiger partial charge on any atom is -0.489 e. The number of halogens is 3. The molecule has 1 aromatic rings. The third-order valence-electron chi connectivity index (χ3n) is 2.67. The van der Waals surface area contributed by atoms with Crippen LogP contribution in [0.3, 0.4) is 0 Å². The highest BCUT2D eigenvalue weighted by molar-refractivity contribution is 5.51. The summed E-state index contributed by atoms with van der Waals surface area (Å²) in [6.07, 6.45) is -5.29. The summed E-state index contributed by atoms with van der Waals surface area (Å²) >= 11 is 0. The van der Waals surface area contributed by atoms with Gasteiger partial charge in [0.15, 0.2) is 0 Å². The van der Waals surface area contributed by atoms with Crippen molar-refractivity contribution in [2.45, 2.75) is 19.2 Å². The number of para-hydroxylation sites is 2. The Morgan fingerprint density at radius 1 is 1.35 bits per heavy atom. The van der Waals surface area contributed by atoms with Gasteiger partial charge in [0.05, 0.1) is 12.2 Å². The molecule has 0 saturated carbocycles. The summed E-state index contributed by atoms with van der Waals surface area (Å²) in [7, 11) is 0. The fourth-order valence-corrected chi connectivity index (χ4v) is 1.71. The lowest BCUT2D eigenvalue weighted by Gasteiger charge is -2.24. The molecule has 1 atom stereocenters. The van der Waals surface area contributed by atoms with Crippen LogP contribution in [0.1, 0.15) is 6.92 Å². The van der Waals surface area contributed by atoms with E-state index in [0.29, 0.717) is 11.4 Å². The first-order valence-electron chi connectivity index (χ1n) is 6.26. The first-order valence-corrected chi connectivity index (χ1v) is 6.26. The average molecular weight is 292 g/mol. The molecule has 20 heavy (non-hydrogen) atoms. The Kier molecular flexibility index (Phi) is 6.09. The molecule has 0 aromatic heterocycles. The van der Waals surface area contributed by atoms with Crippen molar-refractivity contribution in [2.24, 2.45) is 0 Å². The molecule has 7 heteroatoms. The van der Waals surface area contributed by atoms with Crippen LogP contribution in [-0.2, 0) is 0 Å². The number of hydrogen-bond acceptors (Lipinski definition) is 4. The van der Waals surface area contributed by atoms with E-state index >= 15 is 0 Å². The molecule has 0 fully saturated rings. The fraction of sp³-hybridized carbons (Fsp3) is 0.538. The molecule has 3 N–H and O–H groups in total. The van der Waals surface area contributed by atoms with Gasteiger partial charge in [0.1, 0.15) is 18.5 Å². The molecule has 0 aliphatic carbocycles. The normalized spacial score (nSPS) is 13.5. The number of likely N-dealkylation sites (N-methyl/N-ethyl adjacent to an activating group) is 1. The highest BCUT2D eigenvalue weighted by Gasteiger charge is 2.30. The Balaban J connectivity index is 2.43. The zero-order valence-electron chi connectivity index (χ0n) is 11.2. The fourth-order valence-electron chi connectivity index (χ4n) is 1.71. The zero-order valence-corrected chi connectivity index (χ0v) is 11.2. The molecule has 0 radical (unpaired) electrons. The maximum Gasteiger partial charge on any atom is 0.401 e. The van der Waals surface area contributed by atoms with Crippen molar-refractivity contribution in [3.63, 3.8) is 0 Å². The van der Waals surface area contributed by atoms with E-state index in [2.05, 4.69) is 0 Å². The van der Waals surface area contributed by atoms with Gasteiger partial charge in [0.25, 0.3) is 0 Å². The lowest BCUT2D eigenvalue weighted by molar-refractivity contribution is -0.148. The molecule has 1 aromatic carbocycles. The van der Waals surface area contributed by atoms with Gasteiger partial charge in [-0.05, 0) is 18.7 Å². The number of ether oxygens (including phenoxy) is 1. The van der Waals surface area contributed by atoms with Gasteiger partial charge in [-0.2, -0.15) is 13.2 Å². The van der Waals surface area contributed by atoms with E-state index < -0.39 is 18.8 Å². The molecule has 0 heterocycles. The minimum atomic E-state index is -4.28. The average Bonchev–Trinajstić information content (AvgIpc) is 2.35. The van der Waals surface area contributed by atoms with Crippen LogP contribution in [0.4, 0.5) is 18.9 Å². The molecule has 0 aliphatic heterocycles. The van der Waals surface area contributed by atoms with Gasteiger partial charge in [0.2, 0.25) is 0 Å². The van der Waals surface area contributed by atoms with Crippen molar-refractivity contribution in [3.8, 4) is 5.75 Å². The first-order chi connectivity index (χ1) is 9.31. The van der Waals surface area contributed by atoms with Crippen LogP contribution < -0.4 is 10.5 Å². The predicted molar refractivity (Wildman–Crippen MR) is 70.5 cm³/mol. The second-order valence-electron chi connectivity index (χ2n) is 4.45. The molecule has 4 nitrogen and oxygen atoms in total. The summed E-state index contributed by atoms with van der Waals surface area (Å²) in [5, 5.41) is 9.72. The number of nitrogen functional groups attached to an aromatic ring is 1. The van der Waals surface area contributed by atoms with Gasteiger partial charge >= 0.3 is 6.18 Å². The third-order valence-corrected chi connectivity index (χ3v) is 2.67. The van der Waals surface area contributed by atoms with Crippen LogP contribution in [-0.4, -0.2) is 48.5 Å². The molecule has 0 bridgehead atoms. The second-order valence-corrected chi connectivity index (χ2v) is 4.45. The maximum atomic E-state index is 12.3. The molecule has 0 saturated heterocycles. The summed E-state index contributed by atoms with van der Waals surface area (Å²) < 4.78 is 42.1. The summed E-state index contributed by atoms with van der Waals surface area (Å²) in [5.41, 5.74) is 6.07. The zero-order chi connectivity index (χ0) is 15.2. The van der Waals surface area contributed by atoms with Crippen LogP contribution >= 0.6 is 0 Å². The lowest BCUT2D eigenvalue weighted by atomic mass is 10.3. The van der Waals surface area contributed by atoms with E-state index in [1.807, 2.05) is 0 Å². The van der Waals surface area contributed by atoms with E-state index in [1.165, 1.54) is 0 Å². The molecule has 0 aliphatic rings. The van der Waals surface area contributed by atoms with Gasteiger partial charge < -0.3 is 15.6 Å². The van der Waals surface area contributed by atoms with E-state index in [1.54, 1.807) is 31.2 Å². The Morgan fingerprint density at radius 2 is 2.00 bits per heavy atom. The molecule has 0 amide bonds. The Labute approximate surface area is 115 Å². The number of anilines is 1. The summed E-state index contributed by atoms with van der Waals surface area (Å²) in [6.45, 7) is 0.540. The largest absolute Gasteiger partial charge is 0.489 e. The number of nitrogens with zero attached hydrogens (tertiary/aromatic N) is 1. The highest BCUT2D eigenvalue weighted by atomic mass is 19.4. The summed E-state index contributed by atoms with van der Waals surface area (Å²) in [4.78, 5) is 1.11. The lowest BCUT2D eigenvalue weighted by Crippen LogP contribution is -2.40. The van der Waals surface area contributed by atoms with Gasteiger partial charge in [0, 0.05) is 6.54 Å². The molecular formula is C13H19F3N2O2. The standard InChI is InChI=1S/C13H19F3N2O2/c1-2-18(9-13(14,15)16)7-10(19)8-20-12-6-4-3-5-11(12)17/h3-6,10,19H,2,7-9,17H2,1H3. The number of rotatable bonds is 7. The van der Waals surface area contributed by atoms with Crippen molar-refractivity contribution < 1.29 is 23.0 Å². The van der Waals surface area contributed by atoms with E-state index in [0.717, 1.165) is 4.90 Å². The van der Waals surface area contributed by atoms with Crippen molar-refractivity contribution in [2.75, 3.05) is 32.0 Å². The first kappa shape index (κ1) is 16.6. The number of hydrogen-bond donors (Lipinski definition) is 2. The quantitative estimate of drug-likeness (QED) is 0.754. The number of aliphatic hydroxyl groups is 1. The summed E-state index contributed by atoms with van der Waals surface area (Å²) in [5.74, 6) is 0.408. The number of alkyl halides is 3. The molecule has 0 spiro atoms. The van der Waals surface area contributed by atoms with E-state index in [9.17, 15) is 18.3 Å². The van der Waals surface area contributed by atoms with Crippen LogP contribution in [0, 0.1) is 0 Å². The number of aliphatic hydroxyl groups excluding tert-OH is 1. The van der Waals surface area contributed by atoms with Crippen LogP contribution in [0.25, 0.3) is 0 Å². The molecular weight excluding hydrogens is 273 g/mol. The maximum absolute atomic E-state index is 12.3. The van der Waals surface area contributed by atoms with Crippen LogP contribution in [0.2, 0.25) is 0 Å². The number of nitrogens with two attached hydrogens (primary N) is 1. The van der Waals surface area contributed by atoms with Gasteiger partial charge in [-0.15, -0.1) is 0 Å². The third kappa shape index (κ3) is 6.12. The highest BCUT2D eigenvalue weighted by Crippen LogP contribution is 2.20.